The summed E-state index contributed by atoms with van der Waals surface area (Å²) in [6.07, 6.45) is 4.54. The van der Waals surface area contributed by atoms with E-state index < -0.39 is 0 Å². The Hall–Kier alpha value is -2.04. The molecular weight excluding hydrogens is 290 g/mol. The van der Waals surface area contributed by atoms with Gasteiger partial charge in [0.2, 0.25) is 11.8 Å². The Morgan fingerprint density at radius 1 is 1.09 bits per heavy atom. The van der Waals surface area contributed by atoms with E-state index in [1.807, 2.05) is 38.1 Å². The maximum atomic E-state index is 11.8. The maximum absolute atomic E-state index is 11.8. The van der Waals surface area contributed by atoms with E-state index in [0.29, 0.717) is 6.42 Å². The molecule has 0 aliphatic rings. The van der Waals surface area contributed by atoms with Gasteiger partial charge in [0.15, 0.2) is 0 Å². The van der Waals surface area contributed by atoms with Gasteiger partial charge in [0, 0.05) is 23.8 Å². The van der Waals surface area contributed by atoms with E-state index in [1.54, 1.807) is 0 Å². The minimum atomic E-state index is -0.0339. The van der Waals surface area contributed by atoms with Crippen LogP contribution in [0, 0.1) is 0 Å². The standard InChI is InChI=1S/C18H29N3O2/c1-4-6-7-11-17(22)21-16-10-8-9-15(12-16)19-13-18(23)20-14(3)5-2/h8-10,12,14,19H,4-7,11,13H2,1-3H3,(H,20,23)(H,21,22). The molecule has 3 N–H and O–H groups in total. The first-order valence-electron chi connectivity index (χ1n) is 8.48. The highest BCUT2D eigenvalue weighted by Gasteiger charge is 2.06. The molecule has 1 unspecified atom stereocenters. The number of benzene rings is 1. The summed E-state index contributed by atoms with van der Waals surface area (Å²) in [5.41, 5.74) is 1.56. The van der Waals surface area contributed by atoms with Crippen molar-refractivity contribution in [3.8, 4) is 0 Å². The molecular formula is C18H29N3O2. The molecule has 0 saturated carbocycles. The third kappa shape index (κ3) is 8.24. The van der Waals surface area contributed by atoms with Crippen molar-refractivity contribution < 1.29 is 9.59 Å². The molecule has 128 valence electrons. The van der Waals surface area contributed by atoms with Crippen LogP contribution in [0.1, 0.15) is 52.9 Å². The van der Waals surface area contributed by atoms with Crippen LogP contribution >= 0.6 is 0 Å². The van der Waals surface area contributed by atoms with E-state index in [1.165, 1.54) is 0 Å². The molecule has 0 heterocycles. The number of anilines is 2. The third-order valence-corrected chi connectivity index (χ3v) is 3.63. The molecule has 0 fully saturated rings. The Balaban J connectivity index is 2.44. The quantitative estimate of drug-likeness (QED) is 0.578. The molecule has 1 aromatic rings. The molecule has 0 spiro atoms. The highest BCUT2D eigenvalue weighted by Crippen LogP contribution is 2.15. The smallest absolute Gasteiger partial charge is 0.239 e. The van der Waals surface area contributed by atoms with Crippen LogP contribution in [0.2, 0.25) is 0 Å². The molecule has 0 aromatic heterocycles. The number of hydrogen-bond donors (Lipinski definition) is 3. The van der Waals surface area contributed by atoms with Crippen LogP contribution < -0.4 is 16.0 Å². The van der Waals surface area contributed by atoms with Crippen LogP contribution in [0.4, 0.5) is 11.4 Å². The molecule has 5 heteroatoms. The molecule has 1 aromatic carbocycles. The number of unbranched alkanes of at least 4 members (excludes halogenated alkanes) is 2. The third-order valence-electron chi connectivity index (χ3n) is 3.63. The fourth-order valence-electron chi connectivity index (χ4n) is 2.08. The lowest BCUT2D eigenvalue weighted by Gasteiger charge is -2.13. The van der Waals surface area contributed by atoms with Gasteiger partial charge >= 0.3 is 0 Å². The first-order chi connectivity index (χ1) is 11.0. The molecule has 23 heavy (non-hydrogen) atoms. The highest BCUT2D eigenvalue weighted by molar-refractivity contribution is 5.91. The van der Waals surface area contributed by atoms with Crippen molar-refractivity contribution in [3.63, 3.8) is 0 Å². The Morgan fingerprint density at radius 3 is 2.52 bits per heavy atom. The summed E-state index contributed by atoms with van der Waals surface area (Å²) in [4.78, 5) is 23.6. The lowest BCUT2D eigenvalue weighted by atomic mass is 10.2. The molecule has 1 rings (SSSR count). The van der Waals surface area contributed by atoms with Crippen LogP contribution in [0.15, 0.2) is 24.3 Å². The molecule has 0 aliphatic carbocycles. The zero-order valence-corrected chi connectivity index (χ0v) is 14.4. The van der Waals surface area contributed by atoms with Crippen LogP contribution in [0.3, 0.4) is 0 Å². The Morgan fingerprint density at radius 2 is 1.83 bits per heavy atom. The second kappa shape index (κ2) is 10.6. The molecule has 1 atom stereocenters. The molecule has 0 saturated heterocycles. The van der Waals surface area contributed by atoms with Gasteiger partial charge in [0.25, 0.3) is 0 Å². The van der Waals surface area contributed by atoms with E-state index >= 15 is 0 Å². The number of carbonyl (C=O) groups excluding carboxylic acids is 2. The van der Waals surface area contributed by atoms with Gasteiger partial charge in [-0.25, -0.2) is 0 Å². The molecule has 2 amide bonds. The minimum Gasteiger partial charge on any atom is -0.376 e. The van der Waals surface area contributed by atoms with Crippen LogP contribution in [0.5, 0.6) is 0 Å². The average molecular weight is 319 g/mol. The first-order valence-corrected chi connectivity index (χ1v) is 8.48. The predicted molar refractivity (Wildman–Crippen MR) is 95.6 cm³/mol. The second-order valence-corrected chi connectivity index (χ2v) is 5.82. The van der Waals surface area contributed by atoms with Gasteiger partial charge in [0.1, 0.15) is 0 Å². The van der Waals surface area contributed by atoms with Gasteiger partial charge in [-0.05, 0) is 38.0 Å². The number of nitrogens with one attached hydrogen (secondary N) is 3. The van der Waals surface area contributed by atoms with E-state index in [4.69, 9.17) is 0 Å². The lowest BCUT2D eigenvalue weighted by Crippen LogP contribution is -2.36. The predicted octanol–water partition coefficient (Wildman–Crippen LogP) is 3.53. The maximum Gasteiger partial charge on any atom is 0.239 e. The van der Waals surface area contributed by atoms with E-state index in [-0.39, 0.29) is 24.4 Å². The zero-order chi connectivity index (χ0) is 17.1. The summed E-state index contributed by atoms with van der Waals surface area (Å²) in [5.74, 6) is -0.00142. The van der Waals surface area contributed by atoms with Crippen molar-refractivity contribution in [1.82, 2.24) is 5.32 Å². The SMILES string of the molecule is CCCCCC(=O)Nc1cccc(NCC(=O)NC(C)CC)c1. The molecule has 0 bridgehead atoms. The van der Waals surface area contributed by atoms with Gasteiger partial charge in [-0.2, -0.15) is 0 Å². The van der Waals surface area contributed by atoms with Crippen molar-refractivity contribution in [3.05, 3.63) is 24.3 Å². The fraction of sp³-hybridized carbons (Fsp3) is 0.556. The largest absolute Gasteiger partial charge is 0.376 e. The van der Waals surface area contributed by atoms with Crippen molar-refractivity contribution in [2.45, 2.75) is 58.9 Å². The molecule has 0 radical (unpaired) electrons. The summed E-state index contributed by atoms with van der Waals surface area (Å²) in [6.45, 7) is 6.35. The topological polar surface area (TPSA) is 70.2 Å². The summed E-state index contributed by atoms with van der Waals surface area (Å²) in [6, 6.07) is 7.61. The zero-order valence-electron chi connectivity index (χ0n) is 14.4. The van der Waals surface area contributed by atoms with Gasteiger partial charge in [-0.15, -0.1) is 0 Å². The highest BCUT2D eigenvalue weighted by atomic mass is 16.2. The Labute approximate surface area is 139 Å². The number of carbonyl (C=O) groups is 2. The summed E-state index contributed by atoms with van der Waals surface area (Å²) < 4.78 is 0. The average Bonchev–Trinajstić information content (AvgIpc) is 2.53. The summed E-state index contributed by atoms with van der Waals surface area (Å²) in [5, 5.41) is 8.87. The monoisotopic (exact) mass is 319 g/mol. The van der Waals surface area contributed by atoms with E-state index in [9.17, 15) is 9.59 Å². The fourth-order valence-corrected chi connectivity index (χ4v) is 2.08. The van der Waals surface area contributed by atoms with Crippen molar-refractivity contribution in [2.24, 2.45) is 0 Å². The van der Waals surface area contributed by atoms with Crippen molar-refractivity contribution >= 4 is 23.2 Å². The van der Waals surface area contributed by atoms with E-state index in [0.717, 1.165) is 37.1 Å². The van der Waals surface area contributed by atoms with Crippen LogP contribution in [0.25, 0.3) is 0 Å². The number of amides is 2. The molecule has 5 nitrogen and oxygen atoms in total. The second-order valence-electron chi connectivity index (χ2n) is 5.82. The van der Waals surface area contributed by atoms with Gasteiger partial charge < -0.3 is 16.0 Å². The normalized spacial score (nSPS) is 11.6. The molecule has 0 aliphatic heterocycles. The van der Waals surface area contributed by atoms with Crippen LogP contribution in [-0.2, 0) is 9.59 Å². The lowest BCUT2D eigenvalue weighted by molar-refractivity contribution is -0.120. The Bertz CT molecular complexity index is 503. The first kappa shape index (κ1) is 19.0. The van der Waals surface area contributed by atoms with Crippen molar-refractivity contribution in [2.75, 3.05) is 17.2 Å². The number of rotatable bonds is 10. The van der Waals surface area contributed by atoms with Crippen molar-refractivity contribution in [1.29, 1.82) is 0 Å². The van der Waals surface area contributed by atoms with Gasteiger partial charge in [0.05, 0.1) is 6.54 Å². The minimum absolute atomic E-state index is 0.0325. The van der Waals surface area contributed by atoms with Gasteiger partial charge in [-0.1, -0.05) is 32.8 Å². The number of hydrogen-bond acceptors (Lipinski definition) is 3. The summed E-state index contributed by atoms with van der Waals surface area (Å²) in [7, 11) is 0. The Kier molecular flexibility index (Phi) is 8.80. The van der Waals surface area contributed by atoms with Crippen LogP contribution in [-0.4, -0.2) is 24.4 Å². The van der Waals surface area contributed by atoms with Gasteiger partial charge in [-0.3, -0.25) is 9.59 Å². The summed E-state index contributed by atoms with van der Waals surface area (Å²) >= 11 is 0. The van der Waals surface area contributed by atoms with E-state index in [2.05, 4.69) is 22.9 Å².